The maximum atomic E-state index is 8.07. The minimum atomic E-state index is 0.336. The summed E-state index contributed by atoms with van der Waals surface area (Å²) < 4.78 is 5.07. The molecule has 1 aromatic carbocycles. The van der Waals surface area contributed by atoms with E-state index in [1.54, 1.807) is 19.3 Å². The zero-order chi connectivity index (χ0) is 11.1. The number of nitrogens with zero attached hydrogens (tertiary/aromatic N) is 3. The number of anilines is 1. The van der Waals surface area contributed by atoms with Crippen LogP contribution in [0.2, 0.25) is 0 Å². The Morgan fingerprint density at radius 1 is 1.60 bits per heavy atom. The zero-order valence-electron chi connectivity index (χ0n) is 8.42. The third kappa shape index (κ3) is 3.25. The summed E-state index contributed by atoms with van der Waals surface area (Å²) in [7, 11) is 1.57. The molecular weight excluding hydrogens is 192 g/mol. The highest BCUT2D eigenvalue weighted by atomic mass is 16.5. The van der Waals surface area contributed by atoms with E-state index in [0.717, 1.165) is 5.56 Å². The van der Waals surface area contributed by atoms with Crippen molar-refractivity contribution in [1.29, 1.82) is 0 Å². The molecule has 0 radical (unpaired) electrons. The molecular formula is C10H12N4O. The smallest absolute Gasteiger partial charge is 0.142 e. The van der Waals surface area contributed by atoms with Gasteiger partial charge in [0.1, 0.15) is 5.75 Å². The van der Waals surface area contributed by atoms with Gasteiger partial charge in [0, 0.05) is 11.5 Å². The first-order valence-electron chi connectivity index (χ1n) is 4.39. The van der Waals surface area contributed by atoms with Crippen LogP contribution in [0.5, 0.6) is 5.75 Å². The molecule has 78 valence electrons. The van der Waals surface area contributed by atoms with Gasteiger partial charge in [0.15, 0.2) is 0 Å². The molecule has 0 saturated heterocycles. The number of methoxy groups -OCH3 is 1. The van der Waals surface area contributed by atoms with E-state index in [1.165, 1.54) is 0 Å². The molecule has 5 heteroatoms. The summed E-state index contributed by atoms with van der Waals surface area (Å²) in [6.07, 6.45) is 3.61. The van der Waals surface area contributed by atoms with Gasteiger partial charge in [0.2, 0.25) is 0 Å². The molecule has 1 rings (SSSR count). The van der Waals surface area contributed by atoms with E-state index in [4.69, 9.17) is 16.0 Å². The van der Waals surface area contributed by atoms with E-state index < -0.39 is 0 Å². The van der Waals surface area contributed by atoms with Gasteiger partial charge in [-0.3, -0.25) is 0 Å². The zero-order valence-corrected chi connectivity index (χ0v) is 8.42. The van der Waals surface area contributed by atoms with Crippen molar-refractivity contribution in [3.05, 3.63) is 40.3 Å². The van der Waals surface area contributed by atoms with E-state index in [9.17, 15) is 0 Å². The Morgan fingerprint density at radius 2 is 2.40 bits per heavy atom. The Morgan fingerprint density at radius 3 is 3.07 bits per heavy atom. The SMILES string of the molecule is COc1cc(C=CCN=[N+]=[N-])ccc1N. The van der Waals surface area contributed by atoms with Crippen LogP contribution in [-0.2, 0) is 0 Å². The molecule has 0 spiro atoms. The number of benzene rings is 1. The number of nitrogen functional groups attached to an aromatic ring is 1. The van der Waals surface area contributed by atoms with E-state index in [0.29, 0.717) is 18.0 Å². The second-order valence-electron chi connectivity index (χ2n) is 2.82. The summed E-state index contributed by atoms with van der Waals surface area (Å²) in [5.74, 6) is 0.640. The molecule has 2 N–H and O–H groups in total. The molecule has 0 atom stereocenters. The largest absolute Gasteiger partial charge is 0.495 e. The van der Waals surface area contributed by atoms with E-state index >= 15 is 0 Å². The Hall–Kier alpha value is -2.13. The standard InChI is InChI=1S/C10H12N4O/c1-15-10-7-8(4-5-9(10)11)3-2-6-13-14-12/h2-5,7H,6,11H2,1H3. The van der Waals surface area contributed by atoms with E-state index in [1.807, 2.05) is 18.2 Å². The van der Waals surface area contributed by atoms with Gasteiger partial charge in [0.25, 0.3) is 0 Å². The van der Waals surface area contributed by atoms with Crippen molar-refractivity contribution in [2.24, 2.45) is 5.11 Å². The van der Waals surface area contributed by atoms with Crippen LogP contribution < -0.4 is 10.5 Å². The Bertz CT molecular complexity index is 408. The molecule has 1 aromatic rings. The van der Waals surface area contributed by atoms with Crippen molar-refractivity contribution >= 4 is 11.8 Å². The first-order valence-corrected chi connectivity index (χ1v) is 4.39. The topological polar surface area (TPSA) is 84.0 Å². The molecule has 0 heterocycles. The molecule has 0 bridgehead atoms. The number of hydrogen-bond acceptors (Lipinski definition) is 3. The molecule has 0 aliphatic rings. The van der Waals surface area contributed by atoms with Crippen LogP contribution in [-0.4, -0.2) is 13.7 Å². The summed E-state index contributed by atoms with van der Waals surface area (Å²) in [6.45, 7) is 0.336. The predicted molar refractivity (Wildman–Crippen MR) is 60.5 cm³/mol. The molecule has 0 saturated carbocycles. The summed E-state index contributed by atoms with van der Waals surface area (Å²) in [5, 5.41) is 3.38. The first-order chi connectivity index (χ1) is 7.27. The quantitative estimate of drug-likeness (QED) is 0.354. The van der Waals surface area contributed by atoms with Gasteiger partial charge in [-0.2, -0.15) is 0 Å². The highest BCUT2D eigenvalue weighted by molar-refractivity contribution is 5.61. The van der Waals surface area contributed by atoms with Crippen LogP contribution in [0, 0.1) is 0 Å². The fourth-order valence-corrected chi connectivity index (χ4v) is 1.10. The molecule has 0 amide bonds. The van der Waals surface area contributed by atoms with Crippen molar-refractivity contribution in [2.45, 2.75) is 0 Å². The Kier molecular flexibility index (Phi) is 4.06. The molecule has 5 nitrogen and oxygen atoms in total. The highest BCUT2D eigenvalue weighted by Crippen LogP contribution is 2.22. The first kappa shape index (κ1) is 10.9. The average molecular weight is 204 g/mol. The van der Waals surface area contributed by atoms with Crippen molar-refractivity contribution in [1.82, 2.24) is 0 Å². The van der Waals surface area contributed by atoms with E-state index in [-0.39, 0.29) is 0 Å². The molecule has 0 aliphatic carbocycles. The van der Waals surface area contributed by atoms with Crippen molar-refractivity contribution < 1.29 is 4.74 Å². The molecule has 0 unspecified atom stereocenters. The number of rotatable bonds is 4. The monoisotopic (exact) mass is 204 g/mol. The van der Waals surface area contributed by atoms with E-state index in [2.05, 4.69) is 10.0 Å². The van der Waals surface area contributed by atoms with Crippen LogP contribution in [0.25, 0.3) is 16.5 Å². The third-order valence-electron chi connectivity index (χ3n) is 1.82. The normalized spacial score (nSPS) is 9.93. The second-order valence-corrected chi connectivity index (χ2v) is 2.82. The molecule has 0 aromatic heterocycles. The fraction of sp³-hybridized carbons (Fsp3) is 0.200. The maximum absolute atomic E-state index is 8.07. The van der Waals surface area contributed by atoms with Crippen LogP contribution in [0.1, 0.15) is 5.56 Å². The third-order valence-corrected chi connectivity index (χ3v) is 1.82. The Labute approximate surface area is 87.8 Å². The van der Waals surface area contributed by atoms with Crippen LogP contribution >= 0.6 is 0 Å². The van der Waals surface area contributed by atoms with Crippen LogP contribution in [0.4, 0.5) is 5.69 Å². The molecule has 0 aliphatic heterocycles. The van der Waals surface area contributed by atoms with Crippen molar-refractivity contribution in [2.75, 3.05) is 19.4 Å². The van der Waals surface area contributed by atoms with Gasteiger partial charge >= 0.3 is 0 Å². The van der Waals surface area contributed by atoms with Gasteiger partial charge in [0.05, 0.1) is 12.8 Å². The number of ether oxygens (including phenoxy) is 1. The van der Waals surface area contributed by atoms with Crippen molar-refractivity contribution in [3.63, 3.8) is 0 Å². The van der Waals surface area contributed by atoms with Gasteiger partial charge in [-0.05, 0) is 23.2 Å². The van der Waals surface area contributed by atoms with Gasteiger partial charge in [-0.1, -0.05) is 23.3 Å². The highest BCUT2D eigenvalue weighted by Gasteiger charge is 1.97. The molecule has 0 fully saturated rings. The lowest BCUT2D eigenvalue weighted by molar-refractivity contribution is 0.417. The summed E-state index contributed by atoms with van der Waals surface area (Å²) >= 11 is 0. The van der Waals surface area contributed by atoms with Gasteiger partial charge in [-0.15, -0.1) is 0 Å². The second kappa shape index (κ2) is 5.57. The minimum Gasteiger partial charge on any atom is -0.495 e. The van der Waals surface area contributed by atoms with Crippen LogP contribution in [0.15, 0.2) is 29.4 Å². The summed E-state index contributed by atoms with van der Waals surface area (Å²) in [4.78, 5) is 2.64. The Balaban J connectivity index is 2.78. The predicted octanol–water partition coefficient (Wildman–Crippen LogP) is 2.60. The number of hydrogen-bond donors (Lipinski definition) is 1. The maximum Gasteiger partial charge on any atom is 0.142 e. The number of nitrogens with two attached hydrogens (primary N) is 1. The lowest BCUT2D eigenvalue weighted by Crippen LogP contribution is -1.92. The van der Waals surface area contributed by atoms with Crippen LogP contribution in [0.3, 0.4) is 0 Å². The summed E-state index contributed by atoms with van der Waals surface area (Å²) in [5.41, 5.74) is 15.3. The summed E-state index contributed by atoms with van der Waals surface area (Å²) in [6, 6.07) is 5.46. The van der Waals surface area contributed by atoms with Gasteiger partial charge in [-0.25, -0.2) is 0 Å². The fourth-order valence-electron chi connectivity index (χ4n) is 1.10. The lowest BCUT2D eigenvalue weighted by Gasteiger charge is -2.04. The van der Waals surface area contributed by atoms with Crippen molar-refractivity contribution in [3.8, 4) is 5.75 Å². The minimum absolute atomic E-state index is 0.336. The average Bonchev–Trinajstić information content (AvgIpc) is 2.26. The lowest BCUT2D eigenvalue weighted by atomic mass is 10.2. The number of azide groups is 1. The van der Waals surface area contributed by atoms with Gasteiger partial charge < -0.3 is 10.5 Å². The molecule has 15 heavy (non-hydrogen) atoms.